The molecule has 0 heterocycles. The third-order valence-corrected chi connectivity index (χ3v) is 0.824. The van der Waals surface area contributed by atoms with Crippen LogP contribution in [0.15, 0.2) is 23.7 Å². The molecule has 0 amide bonds. The zero-order valence-corrected chi connectivity index (χ0v) is 12.1. The van der Waals surface area contributed by atoms with Crippen LogP contribution >= 0.6 is 0 Å². The molecular weight excluding hydrogens is 312 g/mol. The van der Waals surface area contributed by atoms with Crippen LogP contribution in [0.2, 0.25) is 0 Å². The summed E-state index contributed by atoms with van der Waals surface area (Å²) in [7, 11) is 0. The van der Waals surface area contributed by atoms with E-state index in [2.05, 4.69) is 0 Å². The van der Waals surface area contributed by atoms with Crippen LogP contribution in [-0.4, -0.2) is 21.8 Å². The van der Waals surface area contributed by atoms with Crippen molar-refractivity contribution in [2.45, 2.75) is 27.7 Å². The molecule has 0 aliphatic carbocycles. The van der Waals surface area contributed by atoms with Crippen molar-refractivity contribution < 1.29 is 45.1 Å². The zero-order chi connectivity index (χ0) is 14.4. The van der Waals surface area contributed by atoms with E-state index in [-0.39, 0.29) is 23.1 Å². The van der Waals surface area contributed by atoms with Gasteiger partial charge in [0, 0.05) is 12.2 Å². The quantitative estimate of drug-likeness (QED) is 0.455. The minimum atomic E-state index is -2.03. The van der Waals surface area contributed by atoms with Crippen molar-refractivity contribution in [3.63, 3.8) is 0 Å². The maximum atomic E-state index is 10.0. The van der Waals surface area contributed by atoms with Crippen LogP contribution in [0.4, 0.5) is 0 Å². The molecule has 0 aromatic rings. The van der Waals surface area contributed by atoms with Crippen molar-refractivity contribution >= 4 is 11.6 Å². The molecule has 0 rings (SSSR count). The second kappa shape index (κ2) is 14.7. The number of ketones is 2. The third kappa shape index (κ3) is 52.8. The first-order valence-electron chi connectivity index (χ1n) is 4.34. The summed E-state index contributed by atoms with van der Waals surface area (Å²) in [5.41, 5.74) is 0. The number of allylic oxidation sites excluding steroid dienone is 4. The zero-order valence-electron chi connectivity index (χ0n) is 10.1. The van der Waals surface area contributed by atoms with Gasteiger partial charge in [-0.2, -0.15) is 0 Å². The number of aliphatic hydroxyl groups is 2. The van der Waals surface area contributed by atoms with E-state index in [9.17, 15) is 9.59 Å². The molecular formula is C10H16MoO6. The molecule has 0 fully saturated rings. The molecule has 2 N–H and O–H groups in total. The molecule has 6 nitrogen and oxygen atoms in total. The van der Waals surface area contributed by atoms with E-state index < -0.39 is 18.5 Å². The Morgan fingerprint density at radius 3 is 1.00 bits per heavy atom. The van der Waals surface area contributed by atoms with Crippen LogP contribution in [0.1, 0.15) is 27.7 Å². The van der Waals surface area contributed by atoms with Crippen LogP contribution in [0.25, 0.3) is 0 Å². The summed E-state index contributed by atoms with van der Waals surface area (Å²) in [6, 6.07) is 0. The molecule has 0 unspecified atom stereocenters. The van der Waals surface area contributed by atoms with Gasteiger partial charge in [-0.15, -0.1) is 0 Å². The fraction of sp³-hybridized carbons (Fsp3) is 0.400. The number of carbonyl (C=O) groups excluding carboxylic acids is 2. The average molecular weight is 328 g/mol. The summed E-state index contributed by atoms with van der Waals surface area (Å²) in [4.78, 5) is 20.0. The van der Waals surface area contributed by atoms with Crippen LogP contribution in [0.5, 0.6) is 0 Å². The molecule has 7 heteroatoms. The second-order valence-electron chi connectivity index (χ2n) is 2.86. The molecule has 0 aliphatic rings. The standard InChI is InChI=1S/2C5H8O2.Mo.2O/c2*1-4(6)3-5(2)7;;;/h2*3,6H,1-2H3;;;/b4-3+;4-3-;;;. The second-order valence-corrected chi connectivity index (χ2v) is 3.20. The van der Waals surface area contributed by atoms with Gasteiger partial charge in [0.2, 0.25) is 0 Å². The maximum absolute atomic E-state index is 10.0. The van der Waals surface area contributed by atoms with Crippen molar-refractivity contribution in [2.75, 3.05) is 0 Å². The molecule has 98 valence electrons. The monoisotopic (exact) mass is 330 g/mol. The molecule has 0 saturated heterocycles. The molecule has 0 aromatic heterocycles. The average Bonchev–Trinajstić information content (AvgIpc) is 1.99. The number of hydrogen-bond donors (Lipinski definition) is 2. The molecule has 0 aromatic carbocycles. The molecule has 0 bridgehead atoms. The third-order valence-electron chi connectivity index (χ3n) is 0.824. The fourth-order valence-electron chi connectivity index (χ4n) is 0.588. The summed E-state index contributed by atoms with van der Waals surface area (Å²) < 4.78 is 17.0. The number of rotatable bonds is 2. The van der Waals surface area contributed by atoms with Crippen molar-refractivity contribution in [2.24, 2.45) is 0 Å². The van der Waals surface area contributed by atoms with E-state index in [0.717, 1.165) is 0 Å². The predicted molar refractivity (Wildman–Crippen MR) is 55.5 cm³/mol. The Bertz CT molecular complexity index is 301. The van der Waals surface area contributed by atoms with Crippen molar-refractivity contribution in [3.8, 4) is 0 Å². The Kier molecular flexibility index (Phi) is 18.2. The Morgan fingerprint density at radius 2 is 1.00 bits per heavy atom. The Hall–Kier alpha value is -1.29. The Balaban J connectivity index is -0.000000188. The van der Waals surface area contributed by atoms with E-state index in [1.165, 1.54) is 39.8 Å². The van der Waals surface area contributed by atoms with E-state index in [0.29, 0.717) is 0 Å². The van der Waals surface area contributed by atoms with Crippen molar-refractivity contribution in [3.05, 3.63) is 23.7 Å². The van der Waals surface area contributed by atoms with Crippen LogP contribution < -0.4 is 0 Å². The number of carbonyl (C=O) groups is 2. The molecule has 0 atom stereocenters. The number of hydrogen-bond acceptors (Lipinski definition) is 6. The van der Waals surface area contributed by atoms with E-state index in [1.54, 1.807) is 0 Å². The predicted octanol–water partition coefficient (Wildman–Crippen LogP) is 1.83. The normalized spacial score (nSPS) is 10.1. The summed E-state index contributed by atoms with van der Waals surface area (Å²) in [6.45, 7) is 5.70. The van der Waals surface area contributed by atoms with Gasteiger partial charge in [0.25, 0.3) is 0 Å². The van der Waals surface area contributed by atoms with Crippen molar-refractivity contribution in [1.29, 1.82) is 0 Å². The van der Waals surface area contributed by atoms with E-state index in [1.807, 2.05) is 0 Å². The SMILES string of the molecule is CC(=O)/C=C(/C)O.CC(=O)/C=C(\C)O.[O]=[Mo]=[O]. The van der Waals surface area contributed by atoms with Gasteiger partial charge in [0.05, 0.1) is 11.5 Å². The first kappa shape index (κ1) is 21.0. The molecule has 0 radical (unpaired) electrons. The van der Waals surface area contributed by atoms with Crippen LogP contribution in [0, 0.1) is 0 Å². The van der Waals surface area contributed by atoms with Crippen LogP contribution in [0.3, 0.4) is 0 Å². The van der Waals surface area contributed by atoms with E-state index >= 15 is 0 Å². The molecule has 0 saturated carbocycles. The molecule has 0 spiro atoms. The number of aliphatic hydroxyl groups excluding tert-OH is 2. The molecule has 0 aliphatic heterocycles. The first-order chi connectivity index (χ1) is 7.67. The minimum absolute atomic E-state index is 0.0625. The Morgan fingerprint density at radius 1 is 0.824 bits per heavy atom. The topological polar surface area (TPSA) is 109 Å². The summed E-state index contributed by atoms with van der Waals surface area (Å²) >= 11 is -2.03. The summed E-state index contributed by atoms with van der Waals surface area (Å²) in [5, 5.41) is 16.7. The van der Waals surface area contributed by atoms with Gasteiger partial charge in [0.15, 0.2) is 11.6 Å². The first-order valence-corrected chi connectivity index (χ1v) is 5.98. The fourth-order valence-corrected chi connectivity index (χ4v) is 0.588. The van der Waals surface area contributed by atoms with Crippen molar-refractivity contribution in [1.82, 2.24) is 0 Å². The summed E-state index contributed by atoms with van der Waals surface area (Å²) in [6.07, 6.45) is 2.33. The Labute approximate surface area is 108 Å². The molecule has 17 heavy (non-hydrogen) atoms. The van der Waals surface area contributed by atoms with E-state index in [4.69, 9.17) is 17.0 Å². The van der Waals surface area contributed by atoms with Gasteiger partial charge in [-0.05, 0) is 27.7 Å². The van der Waals surface area contributed by atoms with Gasteiger partial charge in [-0.1, -0.05) is 0 Å². The van der Waals surface area contributed by atoms with Crippen LogP contribution in [-0.2, 0) is 34.9 Å². The summed E-state index contributed by atoms with van der Waals surface area (Å²) in [5.74, 6) is -0.125. The van der Waals surface area contributed by atoms with Gasteiger partial charge < -0.3 is 10.2 Å². The van der Waals surface area contributed by atoms with Gasteiger partial charge in [-0.3, -0.25) is 9.59 Å². The van der Waals surface area contributed by atoms with Gasteiger partial charge in [-0.25, -0.2) is 0 Å². The van der Waals surface area contributed by atoms with Gasteiger partial charge >= 0.3 is 25.3 Å². The van der Waals surface area contributed by atoms with Gasteiger partial charge in [0.1, 0.15) is 0 Å².